The molecule has 1 fully saturated rings. The molecule has 1 aromatic carbocycles. The van der Waals surface area contributed by atoms with E-state index in [0.717, 1.165) is 12.1 Å². The van der Waals surface area contributed by atoms with Crippen LogP contribution in [0.15, 0.2) is 12.1 Å². The van der Waals surface area contributed by atoms with Crippen LogP contribution in [0.3, 0.4) is 0 Å². The van der Waals surface area contributed by atoms with Gasteiger partial charge in [-0.15, -0.1) is 0 Å². The van der Waals surface area contributed by atoms with Crippen LogP contribution in [0.5, 0.6) is 11.5 Å². The molecule has 0 unspecified atom stereocenters. The normalized spacial score (nSPS) is 16.8. The molecular formula is C16H25NO2. The van der Waals surface area contributed by atoms with Crippen molar-refractivity contribution >= 4 is 0 Å². The second-order valence-electron chi connectivity index (χ2n) is 5.76. The number of phenolic OH excluding ortho intramolecular Hbond substituents is 1. The monoisotopic (exact) mass is 263 g/mol. The Morgan fingerprint density at radius 2 is 1.89 bits per heavy atom. The zero-order chi connectivity index (χ0) is 13.8. The fourth-order valence-corrected chi connectivity index (χ4v) is 3.13. The standard InChI is InChI=1S/C16H25NO2/c1-17(2)11-14-13(12-7-5-4-6-8-12)9-10-15(18)16(14)19-3/h9-10,12,18H,4-8,11H2,1-3H3. The van der Waals surface area contributed by atoms with E-state index in [1.807, 2.05) is 14.1 Å². The number of rotatable bonds is 4. The molecule has 1 aliphatic carbocycles. The molecule has 0 bridgehead atoms. The summed E-state index contributed by atoms with van der Waals surface area (Å²) >= 11 is 0. The Balaban J connectivity index is 2.40. The molecule has 0 atom stereocenters. The number of phenols is 1. The predicted octanol–water partition coefficient (Wildman–Crippen LogP) is 3.51. The van der Waals surface area contributed by atoms with Gasteiger partial charge in [0, 0.05) is 12.1 Å². The molecule has 0 aromatic heterocycles. The Morgan fingerprint density at radius 1 is 1.21 bits per heavy atom. The van der Waals surface area contributed by atoms with E-state index < -0.39 is 0 Å². The molecule has 3 heteroatoms. The van der Waals surface area contributed by atoms with Gasteiger partial charge in [0.05, 0.1) is 7.11 Å². The van der Waals surface area contributed by atoms with Crippen LogP contribution in [0.25, 0.3) is 0 Å². The van der Waals surface area contributed by atoms with Crippen molar-refractivity contribution in [2.75, 3.05) is 21.2 Å². The van der Waals surface area contributed by atoms with E-state index >= 15 is 0 Å². The minimum absolute atomic E-state index is 0.249. The maximum atomic E-state index is 9.98. The minimum Gasteiger partial charge on any atom is -0.504 e. The van der Waals surface area contributed by atoms with Gasteiger partial charge in [-0.2, -0.15) is 0 Å². The van der Waals surface area contributed by atoms with Gasteiger partial charge < -0.3 is 14.7 Å². The zero-order valence-electron chi connectivity index (χ0n) is 12.3. The van der Waals surface area contributed by atoms with Crippen LogP contribution in [0, 0.1) is 0 Å². The third kappa shape index (κ3) is 3.21. The Bertz CT molecular complexity index is 423. The second-order valence-corrected chi connectivity index (χ2v) is 5.76. The summed E-state index contributed by atoms with van der Waals surface area (Å²) in [5.74, 6) is 1.52. The molecule has 0 saturated heterocycles. The first-order chi connectivity index (χ1) is 9.13. The molecule has 2 rings (SSSR count). The minimum atomic E-state index is 0.249. The average Bonchev–Trinajstić information content (AvgIpc) is 2.39. The van der Waals surface area contributed by atoms with Crippen LogP contribution in [0.1, 0.15) is 49.1 Å². The number of hydrogen-bond donors (Lipinski definition) is 1. The summed E-state index contributed by atoms with van der Waals surface area (Å²) in [5.41, 5.74) is 2.52. The molecule has 0 radical (unpaired) electrons. The molecule has 3 nitrogen and oxygen atoms in total. The van der Waals surface area contributed by atoms with Crippen molar-refractivity contribution < 1.29 is 9.84 Å². The molecule has 1 saturated carbocycles. The highest BCUT2D eigenvalue weighted by Gasteiger charge is 2.22. The van der Waals surface area contributed by atoms with Gasteiger partial charge >= 0.3 is 0 Å². The number of methoxy groups -OCH3 is 1. The van der Waals surface area contributed by atoms with Gasteiger partial charge in [-0.3, -0.25) is 0 Å². The van der Waals surface area contributed by atoms with Crippen LogP contribution in [-0.4, -0.2) is 31.2 Å². The first-order valence-electron chi connectivity index (χ1n) is 7.17. The lowest BCUT2D eigenvalue weighted by molar-refractivity contribution is 0.344. The number of hydrogen-bond acceptors (Lipinski definition) is 3. The van der Waals surface area contributed by atoms with Crippen molar-refractivity contribution in [3.8, 4) is 11.5 Å². The summed E-state index contributed by atoms with van der Waals surface area (Å²) in [6.07, 6.45) is 6.50. The smallest absolute Gasteiger partial charge is 0.165 e. The van der Waals surface area contributed by atoms with E-state index in [4.69, 9.17) is 4.74 Å². The fraction of sp³-hybridized carbons (Fsp3) is 0.625. The quantitative estimate of drug-likeness (QED) is 0.902. The number of ether oxygens (including phenoxy) is 1. The topological polar surface area (TPSA) is 32.7 Å². The Labute approximate surface area is 116 Å². The van der Waals surface area contributed by atoms with Crippen LogP contribution in [0.4, 0.5) is 0 Å². The molecule has 1 aromatic rings. The second kappa shape index (κ2) is 6.29. The largest absolute Gasteiger partial charge is 0.504 e. The van der Waals surface area contributed by atoms with E-state index in [1.165, 1.54) is 37.7 Å². The lowest BCUT2D eigenvalue weighted by Gasteiger charge is -2.27. The maximum Gasteiger partial charge on any atom is 0.165 e. The average molecular weight is 263 g/mol. The van der Waals surface area contributed by atoms with Gasteiger partial charge in [0.15, 0.2) is 11.5 Å². The molecule has 0 spiro atoms. The summed E-state index contributed by atoms with van der Waals surface area (Å²) in [6, 6.07) is 3.87. The van der Waals surface area contributed by atoms with Gasteiger partial charge in [0.25, 0.3) is 0 Å². The molecule has 0 amide bonds. The molecule has 19 heavy (non-hydrogen) atoms. The van der Waals surface area contributed by atoms with Crippen molar-refractivity contribution in [3.63, 3.8) is 0 Å². The summed E-state index contributed by atoms with van der Waals surface area (Å²) in [5, 5.41) is 9.98. The van der Waals surface area contributed by atoms with E-state index in [1.54, 1.807) is 13.2 Å². The van der Waals surface area contributed by atoms with Crippen LogP contribution >= 0.6 is 0 Å². The lowest BCUT2D eigenvalue weighted by atomic mass is 9.81. The molecule has 1 aliphatic rings. The first-order valence-corrected chi connectivity index (χ1v) is 7.17. The Kier molecular flexibility index (Phi) is 4.70. The molecule has 1 N–H and O–H groups in total. The third-order valence-electron chi connectivity index (χ3n) is 4.00. The van der Waals surface area contributed by atoms with E-state index in [9.17, 15) is 5.11 Å². The SMILES string of the molecule is COc1c(O)ccc(C2CCCCC2)c1CN(C)C. The van der Waals surface area contributed by atoms with Crippen molar-refractivity contribution in [2.24, 2.45) is 0 Å². The maximum absolute atomic E-state index is 9.98. The van der Waals surface area contributed by atoms with Crippen molar-refractivity contribution in [2.45, 2.75) is 44.6 Å². The highest BCUT2D eigenvalue weighted by Crippen LogP contribution is 2.41. The molecule has 106 valence electrons. The zero-order valence-corrected chi connectivity index (χ0v) is 12.3. The summed E-state index contributed by atoms with van der Waals surface area (Å²) in [7, 11) is 5.74. The lowest BCUT2D eigenvalue weighted by Crippen LogP contribution is -2.16. The van der Waals surface area contributed by atoms with E-state index in [0.29, 0.717) is 11.7 Å². The highest BCUT2D eigenvalue weighted by atomic mass is 16.5. The Hall–Kier alpha value is -1.22. The Morgan fingerprint density at radius 3 is 2.47 bits per heavy atom. The highest BCUT2D eigenvalue weighted by molar-refractivity contribution is 5.51. The summed E-state index contributed by atoms with van der Waals surface area (Å²) in [6.45, 7) is 0.809. The van der Waals surface area contributed by atoms with Gasteiger partial charge in [0.1, 0.15) is 0 Å². The van der Waals surface area contributed by atoms with Crippen LogP contribution in [-0.2, 0) is 6.54 Å². The van der Waals surface area contributed by atoms with Crippen LogP contribution in [0.2, 0.25) is 0 Å². The molecule has 0 heterocycles. The van der Waals surface area contributed by atoms with Gasteiger partial charge in [-0.25, -0.2) is 0 Å². The van der Waals surface area contributed by atoms with E-state index in [2.05, 4.69) is 11.0 Å². The number of benzene rings is 1. The van der Waals surface area contributed by atoms with Gasteiger partial charge in [-0.1, -0.05) is 25.3 Å². The number of aromatic hydroxyl groups is 1. The van der Waals surface area contributed by atoms with Gasteiger partial charge in [-0.05, 0) is 44.5 Å². The van der Waals surface area contributed by atoms with Gasteiger partial charge in [0.2, 0.25) is 0 Å². The van der Waals surface area contributed by atoms with Crippen molar-refractivity contribution in [1.82, 2.24) is 4.90 Å². The van der Waals surface area contributed by atoms with Crippen molar-refractivity contribution in [1.29, 1.82) is 0 Å². The van der Waals surface area contributed by atoms with Crippen LogP contribution < -0.4 is 4.74 Å². The van der Waals surface area contributed by atoms with Crippen molar-refractivity contribution in [3.05, 3.63) is 23.3 Å². The van der Waals surface area contributed by atoms with E-state index in [-0.39, 0.29) is 5.75 Å². The number of nitrogens with zero attached hydrogens (tertiary/aromatic N) is 1. The predicted molar refractivity (Wildman–Crippen MR) is 77.9 cm³/mol. The summed E-state index contributed by atoms with van der Waals surface area (Å²) < 4.78 is 5.43. The third-order valence-corrected chi connectivity index (χ3v) is 4.00. The fourth-order valence-electron chi connectivity index (χ4n) is 3.13. The first kappa shape index (κ1) is 14.2. The summed E-state index contributed by atoms with van der Waals surface area (Å²) in [4.78, 5) is 2.13. The molecule has 0 aliphatic heterocycles. The molecular weight excluding hydrogens is 238 g/mol.